The van der Waals surface area contributed by atoms with E-state index in [0.717, 1.165) is 18.2 Å². The van der Waals surface area contributed by atoms with Gasteiger partial charge in [-0.15, -0.1) is 0 Å². The van der Waals surface area contributed by atoms with E-state index < -0.39 is 30.2 Å². The molecule has 0 spiro atoms. The third-order valence-electron chi connectivity index (χ3n) is 2.84. The van der Waals surface area contributed by atoms with Crippen molar-refractivity contribution in [3.8, 4) is 0 Å². The molecule has 1 aromatic heterocycles. The largest absolute Gasteiger partial charge is 0.465 e. The first kappa shape index (κ1) is 18.6. The number of ether oxygens (including phenoxy) is 1. The molecule has 25 heavy (non-hydrogen) atoms. The molecule has 0 aliphatic heterocycles. The van der Waals surface area contributed by atoms with Crippen LogP contribution in [0.5, 0.6) is 0 Å². The van der Waals surface area contributed by atoms with Crippen LogP contribution in [0.4, 0.5) is 18.9 Å². The van der Waals surface area contributed by atoms with Gasteiger partial charge in [-0.3, -0.25) is 4.79 Å². The summed E-state index contributed by atoms with van der Waals surface area (Å²) in [6.45, 7) is -0.687. The summed E-state index contributed by atoms with van der Waals surface area (Å²) in [6.07, 6.45) is -0.780. The van der Waals surface area contributed by atoms with Crippen molar-refractivity contribution in [2.24, 2.45) is 0 Å². The van der Waals surface area contributed by atoms with Crippen molar-refractivity contribution in [1.82, 2.24) is 0 Å². The Hall–Kier alpha value is -2.74. The van der Waals surface area contributed by atoms with E-state index in [-0.39, 0.29) is 10.7 Å². The number of carbonyl (C=O) groups is 2. The summed E-state index contributed by atoms with van der Waals surface area (Å²) < 4.78 is 47.6. The number of esters is 1. The number of hydrogen-bond donors (Lipinski definition) is 1. The van der Waals surface area contributed by atoms with Crippen LogP contribution in [-0.2, 0) is 20.5 Å². The maximum Gasteiger partial charge on any atom is 0.416 e. The van der Waals surface area contributed by atoms with Gasteiger partial charge in [0.1, 0.15) is 5.76 Å². The van der Waals surface area contributed by atoms with Gasteiger partial charge in [-0.05, 0) is 36.4 Å². The van der Waals surface area contributed by atoms with E-state index in [4.69, 9.17) is 16.0 Å². The summed E-state index contributed by atoms with van der Waals surface area (Å²) in [4.78, 5) is 23.1. The van der Waals surface area contributed by atoms with Crippen LogP contribution in [0.3, 0.4) is 0 Å². The van der Waals surface area contributed by atoms with Crippen molar-refractivity contribution < 1.29 is 31.9 Å². The standard InChI is InChI=1S/C16H11ClF3NO4/c17-12-5-3-10(16(18,19)20)8-13(12)21-14(22)9-25-15(23)6-4-11-2-1-7-24-11/h1-8H,9H2,(H,21,22). The summed E-state index contributed by atoms with van der Waals surface area (Å²) >= 11 is 5.75. The van der Waals surface area contributed by atoms with E-state index in [9.17, 15) is 22.8 Å². The average Bonchev–Trinajstić information content (AvgIpc) is 3.05. The topological polar surface area (TPSA) is 68.5 Å². The molecule has 0 radical (unpaired) electrons. The fourth-order valence-corrected chi connectivity index (χ4v) is 1.87. The molecule has 9 heteroatoms. The molecular formula is C16H11ClF3NO4. The second-order valence-corrected chi connectivity index (χ2v) is 5.10. The van der Waals surface area contributed by atoms with E-state index in [0.29, 0.717) is 11.8 Å². The van der Waals surface area contributed by atoms with Crippen molar-refractivity contribution >= 4 is 35.2 Å². The first-order valence-corrected chi connectivity index (χ1v) is 7.18. The Balaban J connectivity index is 1.91. The molecule has 0 fully saturated rings. The number of rotatable bonds is 5. The Kier molecular flexibility index (Phi) is 5.87. The summed E-state index contributed by atoms with van der Waals surface area (Å²) in [5.74, 6) is -1.24. The van der Waals surface area contributed by atoms with E-state index in [1.807, 2.05) is 0 Å². The first-order valence-electron chi connectivity index (χ1n) is 6.80. The highest BCUT2D eigenvalue weighted by Gasteiger charge is 2.31. The van der Waals surface area contributed by atoms with Gasteiger partial charge in [-0.1, -0.05) is 11.6 Å². The lowest BCUT2D eigenvalue weighted by atomic mass is 10.2. The second-order valence-electron chi connectivity index (χ2n) is 4.70. The molecule has 132 valence electrons. The molecular weight excluding hydrogens is 363 g/mol. The molecule has 1 aromatic carbocycles. The van der Waals surface area contributed by atoms with Crippen LogP contribution in [0.2, 0.25) is 5.02 Å². The molecule has 2 rings (SSSR count). The van der Waals surface area contributed by atoms with Crippen molar-refractivity contribution in [2.75, 3.05) is 11.9 Å². The molecule has 0 bridgehead atoms. The Bertz CT molecular complexity index is 785. The molecule has 1 amide bonds. The van der Waals surface area contributed by atoms with Crippen LogP contribution in [0, 0.1) is 0 Å². The molecule has 0 aliphatic rings. The third kappa shape index (κ3) is 5.68. The Labute approximate surface area is 145 Å². The number of furan rings is 1. The summed E-state index contributed by atoms with van der Waals surface area (Å²) in [7, 11) is 0. The van der Waals surface area contributed by atoms with Crippen molar-refractivity contribution in [3.05, 3.63) is 59.0 Å². The predicted molar refractivity (Wildman–Crippen MR) is 83.8 cm³/mol. The van der Waals surface area contributed by atoms with Crippen LogP contribution in [0.1, 0.15) is 11.3 Å². The van der Waals surface area contributed by atoms with Crippen molar-refractivity contribution in [1.29, 1.82) is 0 Å². The molecule has 0 saturated heterocycles. The number of anilines is 1. The number of halogens is 4. The van der Waals surface area contributed by atoms with Gasteiger partial charge in [-0.2, -0.15) is 13.2 Å². The van der Waals surface area contributed by atoms with Crippen LogP contribution < -0.4 is 5.32 Å². The summed E-state index contributed by atoms with van der Waals surface area (Å²) in [5.41, 5.74) is -1.20. The fourth-order valence-electron chi connectivity index (χ4n) is 1.70. The molecule has 0 aliphatic carbocycles. The predicted octanol–water partition coefficient (Wildman–Crippen LogP) is 4.15. The summed E-state index contributed by atoms with van der Waals surface area (Å²) in [6, 6.07) is 5.72. The lowest BCUT2D eigenvalue weighted by molar-refractivity contribution is -0.142. The highest BCUT2D eigenvalue weighted by atomic mass is 35.5. The van der Waals surface area contributed by atoms with Crippen molar-refractivity contribution in [3.63, 3.8) is 0 Å². The quantitative estimate of drug-likeness (QED) is 0.631. The van der Waals surface area contributed by atoms with Crippen LogP contribution in [-0.4, -0.2) is 18.5 Å². The van der Waals surface area contributed by atoms with E-state index in [1.54, 1.807) is 12.1 Å². The summed E-state index contributed by atoms with van der Waals surface area (Å²) in [5, 5.41) is 2.08. The van der Waals surface area contributed by atoms with Crippen molar-refractivity contribution in [2.45, 2.75) is 6.18 Å². The van der Waals surface area contributed by atoms with Gasteiger partial charge in [0.25, 0.3) is 5.91 Å². The number of alkyl halides is 3. The normalized spacial score (nSPS) is 11.5. The molecule has 1 N–H and O–H groups in total. The Morgan fingerprint density at radius 3 is 2.68 bits per heavy atom. The van der Waals surface area contributed by atoms with Gasteiger partial charge < -0.3 is 14.5 Å². The molecule has 5 nitrogen and oxygen atoms in total. The van der Waals surface area contributed by atoms with Gasteiger partial charge in [0, 0.05) is 6.08 Å². The number of hydrogen-bond acceptors (Lipinski definition) is 4. The van der Waals surface area contributed by atoms with Gasteiger partial charge in [0.2, 0.25) is 0 Å². The molecule has 2 aromatic rings. The van der Waals surface area contributed by atoms with E-state index in [1.165, 1.54) is 12.3 Å². The highest BCUT2D eigenvalue weighted by molar-refractivity contribution is 6.33. The lowest BCUT2D eigenvalue weighted by Crippen LogP contribution is -2.20. The van der Waals surface area contributed by atoms with E-state index in [2.05, 4.69) is 10.1 Å². The minimum absolute atomic E-state index is 0.0783. The number of amides is 1. The SMILES string of the molecule is O=C(COC(=O)C=Cc1ccco1)Nc1cc(C(F)(F)F)ccc1Cl. The van der Waals surface area contributed by atoms with Crippen LogP contribution in [0.25, 0.3) is 6.08 Å². The van der Waals surface area contributed by atoms with Gasteiger partial charge in [0.05, 0.1) is 22.5 Å². The first-order chi connectivity index (χ1) is 11.8. The minimum atomic E-state index is -4.58. The monoisotopic (exact) mass is 373 g/mol. The average molecular weight is 374 g/mol. The molecule has 0 atom stereocenters. The third-order valence-corrected chi connectivity index (χ3v) is 3.17. The number of benzene rings is 1. The molecule has 0 saturated carbocycles. The number of carbonyl (C=O) groups excluding carboxylic acids is 2. The minimum Gasteiger partial charge on any atom is -0.465 e. The second kappa shape index (κ2) is 7.89. The van der Waals surface area contributed by atoms with Crippen LogP contribution >= 0.6 is 11.6 Å². The zero-order chi connectivity index (χ0) is 18.4. The maximum atomic E-state index is 12.7. The van der Waals surface area contributed by atoms with Gasteiger partial charge >= 0.3 is 12.1 Å². The van der Waals surface area contributed by atoms with Gasteiger partial charge in [-0.25, -0.2) is 4.79 Å². The van der Waals surface area contributed by atoms with E-state index >= 15 is 0 Å². The fraction of sp³-hybridized carbons (Fsp3) is 0.125. The number of nitrogens with one attached hydrogen (secondary N) is 1. The Morgan fingerprint density at radius 1 is 1.28 bits per heavy atom. The van der Waals surface area contributed by atoms with Gasteiger partial charge in [0.15, 0.2) is 6.61 Å². The lowest BCUT2D eigenvalue weighted by Gasteiger charge is -2.11. The zero-order valence-corrected chi connectivity index (χ0v) is 13.2. The molecule has 0 unspecified atom stereocenters. The Morgan fingerprint density at radius 2 is 2.04 bits per heavy atom. The molecule has 1 heterocycles. The zero-order valence-electron chi connectivity index (χ0n) is 12.5. The smallest absolute Gasteiger partial charge is 0.416 e. The maximum absolute atomic E-state index is 12.7. The highest BCUT2D eigenvalue weighted by Crippen LogP contribution is 2.33. The van der Waals surface area contributed by atoms with Crippen LogP contribution in [0.15, 0.2) is 47.1 Å².